The summed E-state index contributed by atoms with van der Waals surface area (Å²) < 4.78 is 41.1. The first-order valence-corrected chi connectivity index (χ1v) is 11.2. The predicted molar refractivity (Wildman–Crippen MR) is 126 cm³/mol. The third-order valence-electron chi connectivity index (χ3n) is 5.35. The molecule has 7 nitrogen and oxygen atoms in total. The molecule has 1 aromatic carbocycles. The minimum atomic E-state index is -0.971. The lowest BCUT2D eigenvalue weighted by Crippen LogP contribution is -2.27. The van der Waals surface area contributed by atoms with Gasteiger partial charge in [0, 0.05) is 18.1 Å². The van der Waals surface area contributed by atoms with Crippen molar-refractivity contribution in [1.82, 2.24) is 14.8 Å². The van der Waals surface area contributed by atoms with Crippen LogP contribution in [0.1, 0.15) is 58.9 Å². The van der Waals surface area contributed by atoms with Crippen molar-refractivity contribution in [1.29, 1.82) is 0 Å². The minimum Gasteiger partial charge on any atom is -0.444 e. The number of amides is 1. The lowest BCUT2D eigenvalue weighted by atomic mass is 10.1. The zero-order chi connectivity index (χ0) is 24.6. The summed E-state index contributed by atoms with van der Waals surface area (Å²) in [7, 11) is 0. The number of hydrogen-bond acceptors (Lipinski definition) is 5. The van der Waals surface area contributed by atoms with E-state index in [4.69, 9.17) is 9.47 Å². The highest BCUT2D eigenvalue weighted by molar-refractivity contribution is 5.94. The number of nitrogens with one attached hydrogen (secondary N) is 1. The molecule has 1 amide bonds. The molecule has 0 aliphatic carbocycles. The highest BCUT2D eigenvalue weighted by atomic mass is 19.2. The third kappa shape index (κ3) is 4.94. The van der Waals surface area contributed by atoms with E-state index >= 15 is 0 Å². The highest BCUT2D eigenvalue weighted by Gasteiger charge is 2.25. The van der Waals surface area contributed by atoms with Gasteiger partial charge < -0.3 is 9.47 Å². The van der Waals surface area contributed by atoms with Gasteiger partial charge >= 0.3 is 6.09 Å². The maximum absolute atomic E-state index is 14.2. The first-order chi connectivity index (χ1) is 16.0. The Morgan fingerprint density at radius 2 is 1.97 bits per heavy atom. The van der Waals surface area contributed by atoms with E-state index in [9.17, 15) is 13.6 Å². The number of anilines is 1. The second-order valence-corrected chi connectivity index (χ2v) is 9.40. The number of aromatic nitrogens is 3. The third-order valence-corrected chi connectivity index (χ3v) is 5.35. The smallest absolute Gasteiger partial charge is 0.412 e. The molecule has 4 rings (SSSR count). The molecule has 2 aromatic heterocycles. The number of benzene rings is 1. The SMILES string of the molecule is C=C(C)c1nc(-c2nn(C3CCCCO3)c3cc(F)c(F)cc23)ccc1NC(=O)OC(C)(C)C. The Labute approximate surface area is 196 Å². The zero-order valence-electron chi connectivity index (χ0n) is 19.7. The summed E-state index contributed by atoms with van der Waals surface area (Å²) in [6.45, 7) is 11.6. The van der Waals surface area contributed by atoms with Crippen molar-refractivity contribution < 1.29 is 23.0 Å². The Morgan fingerprint density at radius 1 is 1.24 bits per heavy atom. The van der Waals surface area contributed by atoms with E-state index in [1.165, 1.54) is 0 Å². The molecule has 0 bridgehead atoms. The lowest BCUT2D eigenvalue weighted by Gasteiger charge is -2.23. The molecule has 1 atom stereocenters. The van der Waals surface area contributed by atoms with Gasteiger partial charge in [-0.25, -0.2) is 23.2 Å². The summed E-state index contributed by atoms with van der Waals surface area (Å²) in [5, 5.41) is 7.77. The molecule has 1 aliphatic rings. The van der Waals surface area contributed by atoms with Gasteiger partial charge in [0.1, 0.15) is 11.3 Å². The summed E-state index contributed by atoms with van der Waals surface area (Å²) >= 11 is 0. The largest absolute Gasteiger partial charge is 0.444 e. The second kappa shape index (κ2) is 9.13. The van der Waals surface area contributed by atoms with E-state index in [2.05, 4.69) is 22.0 Å². The predicted octanol–water partition coefficient (Wildman–Crippen LogP) is 6.46. The van der Waals surface area contributed by atoms with E-state index in [0.29, 0.717) is 45.9 Å². The first kappa shape index (κ1) is 23.8. The Kier molecular flexibility index (Phi) is 6.40. The summed E-state index contributed by atoms with van der Waals surface area (Å²) in [6.07, 6.45) is 1.63. The van der Waals surface area contributed by atoms with Crippen LogP contribution in [0.5, 0.6) is 0 Å². The lowest BCUT2D eigenvalue weighted by molar-refractivity contribution is -0.0365. The molecule has 0 saturated carbocycles. The normalized spacial score (nSPS) is 16.5. The molecule has 9 heteroatoms. The number of pyridine rings is 1. The fraction of sp³-hybridized carbons (Fsp3) is 0.400. The Hall–Kier alpha value is -3.33. The molecule has 1 N–H and O–H groups in total. The Balaban J connectivity index is 1.79. The monoisotopic (exact) mass is 470 g/mol. The van der Waals surface area contributed by atoms with Gasteiger partial charge in [0.05, 0.1) is 22.6 Å². The van der Waals surface area contributed by atoms with Crippen LogP contribution in [0.15, 0.2) is 30.8 Å². The number of hydrogen-bond donors (Lipinski definition) is 1. The van der Waals surface area contributed by atoms with Crippen molar-refractivity contribution in [3.63, 3.8) is 0 Å². The second-order valence-electron chi connectivity index (χ2n) is 9.40. The van der Waals surface area contributed by atoms with Crippen LogP contribution in [0.25, 0.3) is 27.9 Å². The van der Waals surface area contributed by atoms with Crippen molar-refractivity contribution in [2.24, 2.45) is 0 Å². The van der Waals surface area contributed by atoms with Crippen LogP contribution in [0.3, 0.4) is 0 Å². The number of rotatable bonds is 4. The molecule has 1 aliphatic heterocycles. The summed E-state index contributed by atoms with van der Waals surface area (Å²) in [5.41, 5.74) is 2.03. The number of carbonyl (C=O) groups excluding carboxylic acids is 1. The van der Waals surface area contributed by atoms with Crippen molar-refractivity contribution in [2.75, 3.05) is 11.9 Å². The molecule has 1 unspecified atom stereocenters. The first-order valence-electron chi connectivity index (χ1n) is 11.2. The van der Waals surface area contributed by atoms with Crippen LogP contribution in [0.4, 0.5) is 19.3 Å². The van der Waals surface area contributed by atoms with Gasteiger partial charge in [-0.3, -0.25) is 5.32 Å². The van der Waals surface area contributed by atoms with Crippen LogP contribution in [-0.2, 0) is 9.47 Å². The van der Waals surface area contributed by atoms with Crippen LogP contribution in [0, 0.1) is 11.6 Å². The summed E-state index contributed by atoms with van der Waals surface area (Å²) in [6, 6.07) is 5.59. The van der Waals surface area contributed by atoms with Gasteiger partial charge in [-0.1, -0.05) is 6.58 Å². The van der Waals surface area contributed by atoms with E-state index in [1.807, 2.05) is 0 Å². The van der Waals surface area contributed by atoms with Crippen molar-refractivity contribution >= 4 is 28.3 Å². The van der Waals surface area contributed by atoms with E-state index < -0.39 is 23.3 Å². The van der Waals surface area contributed by atoms with E-state index in [1.54, 1.807) is 44.5 Å². The maximum Gasteiger partial charge on any atom is 0.412 e. The molecule has 180 valence electrons. The van der Waals surface area contributed by atoms with Crippen LogP contribution in [-0.4, -0.2) is 33.1 Å². The van der Waals surface area contributed by atoms with Crippen molar-refractivity contribution in [3.8, 4) is 11.4 Å². The molecular weight excluding hydrogens is 442 g/mol. The van der Waals surface area contributed by atoms with Gasteiger partial charge in [-0.05, 0) is 70.7 Å². The van der Waals surface area contributed by atoms with E-state index in [-0.39, 0.29) is 6.23 Å². The topological polar surface area (TPSA) is 78.3 Å². The van der Waals surface area contributed by atoms with Crippen LogP contribution in [0.2, 0.25) is 0 Å². The highest BCUT2D eigenvalue weighted by Crippen LogP contribution is 2.35. The molecule has 1 fully saturated rings. The fourth-order valence-electron chi connectivity index (χ4n) is 3.89. The van der Waals surface area contributed by atoms with Crippen LogP contribution >= 0.6 is 0 Å². The molecule has 0 spiro atoms. The molecule has 1 saturated heterocycles. The van der Waals surface area contributed by atoms with Crippen molar-refractivity contribution in [3.05, 3.63) is 48.2 Å². The average molecular weight is 471 g/mol. The van der Waals surface area contributed by atoms with Gasteiger partial charge in [0.2, 0.25) is 0 Å². The fourth-order valence-corrected chi connectivity index (χ4v) is 3.89. The van der Waals surface area contributed by atoms with Gasteiger partial charge in [0.25, 0.3) is 0 Å². The number of allylic oxidation sites excluding steroid dienone is 1. The molecule has 0 radical (unpaired) electrons. The van der Waals surface area contributed by atoms with Gasteiger partial charge in [-0.15, -0.1) is 0 Å². The van der Waals surface area contributed by atoms with Crippen molar-refractivity contribution in [2.45, 2.75) is 58.8 Å². The number of nitrogens with zero attached hydrogens (tertiary/aromatic N) is 3. The standard InChI is InChI=1S/C25H28F2N4O3/c1-14(2)22-18(29-24(32)34-25(3,4)5)9-10-19(28-22)23-15-12-16(26)17(27)13-20(15)31(30-23)21-8-6-7-11-33-21/h9-10,12-13,21H,1,6-8,11H2,2-5H3,(H,29,32). The minimum absolute atomic E-state index is 0.372. The maximum atomic E-state index is 14.2. The van der Waals surface area contributed by atoms with Gasteiger partial charge in [-0.2, -0.15) is 5.10 Å². The number of fused-ring (bicyclic) bond motifs is 1. The van der Waals surface area contributed by atoms with Gasteiger partial charge in [0.15, 0.2) is 17.9 Å². The summed E-state index contributed by atoms with van der Waals surface area (Å²) in [4.78, 5) is 16.9. The summed E-state index contributed by atoms with van der Waals surface area (Å²) in [5.74, 6) is -1.93. The Bertz CT molecular complexity index is 1260. The van der Waals surface area contributed by atoms with E-state index in [0.717, 1.165) is 31.4 Å². The Morgan fingerprint density at radius 3 is 2.62 bits per heavy atom. The number of carbonyl (C=O) groups is 1. The zero-order valence-corrected chi connectivity index (χ0v) is 19.7. The molecule has 3 heterocycles. The quantitative estimate of drug-likeness (QED) is 0.474. The molecular formula is C25H28F2N4O3. The average Bonchev–Trinajstić information content (AvgIpc) is 3.11. The number of ether oxygens (including phenoxy) is 2. The molecule has 34 heavy (non-hydrogen) atoms. The number of halogens is 2. The molecule has 3 aromatic rings. The van der Waals surface area contributed by atoms with Crippen LogP contribution < -0.4 is 5.32 Å².